The summed E-state index contributed by atoms with van der Waals surface area (Å²) in [6.07, 6.45) is 1.26. The van der Waals surface area contributed by atoms with Gasteiger partial charge in [0, 0.05) is 30.9 Å². The number of carbonyl (C=O) groups excluding carboxylic acids is 2. The Morgan fingerprint density at radius 3 is 2.62 bits per heavy atom. The van der Waals surface area contributed by atoms with Gasteiger partial charge in [0.15, 0.2) is 5.13 Å². The molecule has 0 unspecified atom stereocenters. The van der Waals surface area contributed by atoms with E-state index in [-0.39, 0.29) is 17.7 Å². The lowest BCUT2D eigenvalue weighted by molar-refractivity contribution is -0.123. The second-order valence-electron chi connectivity index (χ2n) is 5.85. The molecule has 24 heavy (non-hydrogen) atoms. The Labute approximate surface area is 144 Å². The summed E-state index contributed by atoms with van der Waals surface area (Å²) < 4.78 is 0. The minimum Gasteiger partial charge on any atom is -0.369 e. The Balaban J connectivity index is 1.55. The van der Waals surface area contributed by atoms with Gasteiger partial charge in [0.2, 0.25) is 5.91 Å². The molecule has 0 bridgehead atoms. The number of rotatable bonds is 5. The van der Waals surface area contributed by atoms with Crippen LogP contribution in [0.5, 0.6) is 0 Å². The molecule has 1 aliphatic heterocycles. The SMILES string of the molecule is NC(=O)C1CCN(C(=O)c2csc(NCc3ccccc3)n2)CC1. The molecule has 6 nitrogen and oxygen atoms in total. The summed E-state index contributed by atoms with van der Waals surface area (Å²) in [4.78, 5) is 29.8. The fourth-order valence-corrected chi connectivity index (χ4v) is 3.44. The van der Waals surface area contributed by atoms with Gasteiger partial charge in [0.25, 0.3) is 5.91 Å². The van der Waals surface area contributed by atoms with Crippen LogP contribution in [0.4, 0.5) is 5.13 Å². The van der Waals surface area contributed by atoms with Crippen molar-refractivity contribution in [1.82, 2.24) is 9.88 Å². The van der Waals surface area contributed by atoms with Crippen LogP contribution >= 0.6 is 11.3 Å². The Morgan fingerprint density at radius 1 is 1.25 bits per heavy atom. The molecule has 2 aromatic rings. The molecule has 3 N–H and O–H groups in total. The van der Waals surface area contributed by atoms with E-state index in [0.717, 1.165) is 10.7 Å². The van der Waals surface area contributed by atoms with Gasteiger partial charge in [0.1, 0.15) is 5.69 Å². The Hall–Kier alpha value is -2.41. The molecule has 0 radical (unpaired) electrons. The summed E-state index contributed by atoms with van der Waals surface area (Å²) in [5.74, 6) is -0.474. The summed E-state index contributed by atoms with van der Waals surface area (Å²) in [6.45, 7) is 1.78. The van der Waals surface area contributed by atoms with Crippen LogP contribution in [-0.2, 0) is 11.3 Å². The maximum Gasteiger partial charge on any atom is 0.273 e. The highest BCUT2D eigenvalue weighted by molar-refractivity contribution is 7.13. The lowest BCUT2D eigenvalue weighted by Crippen LogP contribution is -2.41. The number of piperidine rings is 1. The van der Waals surface area contributed by atoms with E-state index in [1.165, 1.54) is 11.3 Å². The van der Waals surface area contributed by atoms with Gasteiger partial charge in [-0.25, -0.2) is 4.98 Å². The first-order valence-electron chi connectivity index (χ1n) is 7.95. The van der Waals surface area contributed by atoms with E-state index in [1.807, 2.05) is 30.3 Å². The number of hydrogen-bond acceptors (Lipinski definition) is 5. The van der Waals surface area contributed by atoms with Crippen LogP contribution in [0.2, 0.25) is 0 Å². The number of thiazole rings is 1. The van der Waals surface area contributed by atoms with Gasteiger partial charge in [-0.2, -0.15) is 0 Å². The summed E-state index contributed by atoms with van der Waals surface area (Å²) >= 11 is 1.42. The van der Waals surface area contributed by atoms with Crippen LogP contribution in [0.15, 0.2) is 35.7 Å². The van der Waals surface area contributed by atoms with E-state index in [9.17, 15) is 9.59 Å². The fraction of sp³-hybridized carbons (Fsp3) is 0.353. The van der Waals surface area contributed by atoms with Crippen LogP contribution in [0, 0.1) is 5.92 Å². The van der Waals surface area contributed by atoms with Crippen molar-refractivity contribution in [3.05, 3.63) is 47.0 Å². The zero-order valence-corrected chi connectivity index (χ0v) is 14.1. The van der Waals surface area contributed by atoms with Crippen LogP contribution in [-0.4, -0.2) is 34.8 Å². The Kier molecular flexibility index (Phi) is 5.10. The van der Waals surface area contributed by atoms with Crippen molar-refractivity contribution >= 4 is 28.3 Å². The smallest absolute Gasteiger partial charge is 0.273 e. The minimum absolute atomic E-state index is 0.0815. The molecule has 0 spiro atoms. The van der Waals surface area contributed by atoms with Gasteiger partial charge < -0.3 is 16.0 Å². The predicted molar refractivity (Wildman–Crippen MR) is 93.7 cm³/mol. The molecule has 1 aromatic carbocycles. The van der Waals surface area contributed by atoms with Crippen LogP contribution in [0.25, 0.3) is 0 Å². The number of nitrogens with two attached hydrogens (primary N) is 1. The van der Waals surface area contributed by atoms with E-state index >= 15 is 0 Å². The largest absolute Gasteiger partial charge is 0.369 e. The molecule has 1 fully saturated rings. The van der Waals surface area contributed by atoms with Gasteiger partial charge in [-0.1, -0.05) is 30.3 Å². The summed E-state index contributed by atoms with van der Waals surface area (Å²) in [6, 6.07) is 10.0. The molecule has 1 aliphatic rings. The van der Waals surface area contributed by atoms with Crippen molar-refractivity contribution in [3.63, 3.8) is 0 Å². The Bertz CT molecular complexity index is 708. The number of carbonyl (C=O) groups is 2. The van der Waals surface area contributed by atoms with Crippen molar-refractivity contribution in [2.75, 3.05) is 18.4 Å². The number of likely N-dealkylation sites (tertiary alicyclic amines) is 1. The highest BCUT2D eigenvalue weighted by atomic mass is 32.1. The first kappa shape index (κ1) is 16.4. The molecule has 3 rings (SSSR count). The highest BCUT2D eigenvalue weighted by Gasteiger charge is 2.27. The van der Waals surface area contributed by atoms with Gasteiger partial charge in [-0.3, -0.25) is 9.59 Å². The molecule has 1 aromatic heterocycles. The monoisotopic (exact) mass is 344 g/mol. The van der Waals surface area contributed by atoms with Gasteiger partial charge in [-0.05, 0) is 18.4 Å². The lowest BCUT2D eigenvalue weighted by atomic mass is 9.96. The zero-order valence-electron chi connectivity index (χ0n) is 13.3. The van der Waals surface area contributed by atoms with E-state index < -0.39 is 0 Å². The maximum atomic E-state index is 12.5. The van der Waals surface area contributed by atoms with E-state index in [1.54, 1.807) is 10.3 Å². The fourth-order valence-electron chi connectivity index (χ4n) is 2.76. The molecule has 0 aliphatic carbocycles. The molecule has 0 atom stereocenters. The summed E-state index contributed by atoms with van der Waals surface area (Å²) in [7, 11) is 0. The number of nitrogens with zero attached hydrogens (tertiary/aromatic N) is 2. The van der Waals surface area contributed by atoms with E-state index in [0.29, 0.717) is 38.2 Å². The predicted octanol–water partition coefficient (Wildman–Crippen LogP) is 2.09. The molecule has 2 heterocycles. The van der Waals surface area contributed by atoms with Gasteiger partial charge in [0.05, 0.1) is 0 Å². The van der Waals surface area contributed by atoms with Crippen molar-refractivity contribution in [2.45, 2.75) is 19.4 Å². The third-order valence-corrected chi connectivity index (χ3v) is 4.99. The third-order valence-electron chi connectivity index (χ3n) is 4.19. The van der Waals surface area contributed by atoms with Crippen molar-refractivity contribution in [1.29, 1.82) is 0 Å². The average molecular weight is 344 g/mol. The number of benzene rings is 1. The first-order chi connectivity index (χ1) is 11.6. The Morgan fingerprint density at radius 2 is 1.96 bits per heavy atom. The maximum absolute atomic E-state index is 12.5. The third kappa shape index (κ3) is 3.91. The molecule has 2 amide bonds. The van der Waals surface area contributed by atoms with E-state index in [4.69, 9.17) is 5.73 Å². The van der Waals surface area contributed by atoms with Gasteiger partial charge in [-0.15, -0.1) is 11.3 Å². The second kappa shape index (κ2) is 7.44. The number of anilines is 1. The van der Waals surface area contributed by atoms with Crippen LogP contribution in [0.3, 0.4) is 0 Å². The molecule has 7 heteroatoms. The number of nitrogens with one attached hydrogen (secondary N) is 1. The molecular weight excluding hydrogens is 324 g/mol. The van der Waals surface area contributed by atoms with Crippen molar-refractivity contribution < 1.29 is 9.59 Å². The molecule has 1 saturated heterocycles. The van der Waals surface area contributed by atoms with E-state index in [2.05, 4.69) is 10.3 Å². The summed E-state index contributed by atoms with van der Waals surface area (Å²) in [5.41, 5.74) is 6.94. The number of primary amides is 1. The van der Waals surface area contributed by atoms with Crippen LogP contribution in [0.1, 0.15) is 28.9 Å². The first-order valence-corrected chi connectivity index (χ1v) is 8.83. The summed E-state index contributed by atoms with van der Waals surface area (Å²) in [5, 5.41) is 5.74. The molecular formula is C17H20N4O2S. The minimum atomic E-state index is -0.275. The van der Waals surface area contributed by atoms with Gasteiger partial charge >= 0.3 is 0 Å². The lowest BCUT2D eigenvalue weighted by Gasteiger charge is -2.30. The second-order valence-corrected chi connectivity index (χ2v) is 6.70. The van der Waals surface area contributed by atoms with Crippen molar-refractivity contribution in [2.24, 2.45) is 11.7 Å². The van der Waals surface area contributed by atoms with Crippen LogP contribution < -0.4 is 11.1 Å². The number of hydrogen-bond donors (Lipinski definition) is 2. The standard InChI is InChI=1S/C17H20N4O2S/c18-15(22)13-6-8-21(9-7-13)16(23)14-11-24-17(20-14)19-10-12-4-2-1-3-5-12/h1-5,11,13H,6-10H2,(H2,18,22)(H,19,20). The molecule has 0 saturated carbocycles. The number of aromatic nitrogens is 1. The quantitative estimate of drug-likeness (QED) is 0.869. The highest BCUT2D eigenvalue weighted by Crippen LogP contribution is 2.21. The normalized spacial score (nSPS) is 15.2. The molecule has 126 valence electrons. The topological polar surface area (TPSA) is 88.3 Å². The number of amides is 2. The average Bonchev–Trinajstić information content (AvgIpc) is 3.09. The zero-order chi connectivity index (χ0) is 16.9. The van der Waals surface area contributed by atoms with Crippen molar-refractivity contribution in [3.8, 4) is 0 Å².